The van der Waals surface area contributed by atoms with Gasteiger partial charge in [-0.1, -0.05) is 12.1 Å². The van der Waals surface area contributed by atoms with Crippen molar-refractivity contribution in [2.75, 3.05) is 0 Å². The molecule has 0 radical (unpaired) electrons. The highest BCUT2D eigenvalue weighted by atomic mass is 32.2. The second-order valence-corrected chi connectivity index (χ2v) is 7.77. The van der Waals surface area contributed by atoms with E-state index in [0.29, 0.717) is 5.56 Å². The normalized spacial score (nSPS) is 14.4. The van der Waals surface area contributed by atoms with Crippen LogP contribution in [0, 0.1) is 0 Å². The van der Waals surface area contributed by atoms with Crippen molar-refractivity contribution in [1.82, 2.24) is 9.44 Å². The van der Waals surface area contributed by atoms with Gasteiger partial charge in [-0.25, -0.2) is 13.6 Å². The second-order valence-electron chi connectivity index (χ2n) is 4.73. The number of hydrogen-bond acceptors (Lipinski definition) is 4. The molecule has 0 saturated heterocycles. The zero-order valence-electron chi connectivity index (χ0n) is 11.5. The van der Waals surface area contributed by atoms with E-state index in [2.05, 4.69) is 9.44 Å². The number of rotatable bonds is 6. The molecule has 0 aliphatic carbocycles. The molecular weight excluding hydrogens is 302 g/mol. The molecule has 1 aromatic carbocycles. The van der Waals surface area contributed by atoms with Crippen LogP contribution in [0.1, 0.15) is 32.4 Å². The van der Waals surface area contributed by atoms with E-state index >= 15 is 0 Å². The van der Waals surface area contributed by atoms with E-state index in [1.807, 2.05) is 0 Å². The SMILES string of the molecule is CC(C)NS(=O)(=O)NC(C)c1cccc(S(N)(=O)=O)c1. The van der Waals surface area contributed by atoms with Crippen LogP contribution in [-0.2, 0) is 20.2 Å². The summed E-state index contributed by atoms with van der Waals surface area (Å²) in [6.45, 7) is 5.01. The predicted molar refractivity (Wildman–Crippen MR) is 76.6 cm³/mol. The van der Waals surface area contributed by atoms with Gasteiger partial charge < -0.3 is 0 Å². The van der Waals surface area contributed by atoms with Gasteiger partial charge in [0, 0.05) is 12.1 Å². The van der Waals surface area contributed by atoms with Crippen LogP contribution in [-0.4, -0.2) is 22.9 Å². The minimum atomic E-state index is -3.81. The largest absolute Gasteiger partial charge is 0.277 e. The first-order valence-corrected chi connectivity index (χ1v) is 8.96. The molecule has 1 unspecified atom stereocenters. The Kier molecular flexibility index (Phi) is 5.27. The van der Waals surface area contributed by atoms with E-state index in [0.717, 1.165) is 0 Å². The fraction of sp³-hybridized carbons (Fsp3) is 0.455. The zero-order valence-corrected chi connectivity index (χ0v) is 13.1. The Bertz CT molecular complexity index is 669. The van der Waals surface area contributed by atoms with Crippen LogP contribution in [0.4, 0.5) is 0 Å². The minimum absolute atomic E-state index is 0.0575. The quantitative estimate of drug-likeness (QED) is 0.695. The van der Waals surface area contributed by atoms with Gasteiger partial charge in [0.25, 0.3) is 10.2 Å². The van der Waals surface area contributed by atoms with E-state index in [1.165, 1.54) is 18.2 Å². The number of benzene rings is 1. The lowest BCUT2D eigenvalue weighted by Gasteiger charge is -2.17. The fourth-order valence-electron chi connectivity index (χ4n) is 1.61. The van der Waals surface area contributed by atoms with Gasteiger partial charge in [0.1, 0.15) is 0 Å². The summed E-state index contributed by atoms with van der Waals surface area (Å²) in [7, 11) is -7.47. The molecule has 0 aliphatic heterocycles. The molecule has 0 fully saturated rings. The Hall–Kier alpha value is -1.00. The number of nitrogens with two attached hydrogens (primary N) is 1. The third-order valence-corrected chi connectivity index (χ3v) is 4.77. The zero-order chi connectivity index (χ0) is 15.6. The van der Waals surface area contributed by atoms with E-state index in [4.69, 9.17) is 5.14 Å². The summed E-state index contributed by atoms with van der Waals surface area (Å²) < 4.78 is 50.8. The van der Waals surface area contributed by atoms with Gasteiger partial charge in [0.15, 0.2) is 0 Å². The van der Waals surface area contributed by atoms with Crippen LogP contribution in [0.25, 0.3) is 0 Å². The monoisotopic (exact) mass is 321 g/mol. The fourth-order valence-corrected chi connectivity index (χ4v) is 3.46. The molecule has 0 heterocycles. The molecule has 7 nitrogen and oxygen atoms in total. The molecule has 0 bridgehead atoms. The molecule has 1 aromatic rings. The van der Waals surface area contributed by atoms with Gasteiger partial charge in [-0.05, 0) is 38.5 Å². The topological polar surface area (TPSA) is 118 Å². The average Bonchev–Trinajstić information content (AvgIpc) is 2.25. The molecule has 0 spiro atoms. The van der Waals surface area contributed by atoms with Crippen LogP contribution in [0.15, 0.2) is 29.2 Å². The van der Waals surface area contributed by atoms with Gasteiger partial charge >= 0.3 is 0 Å². The molecule has 114 valence electrons. The van der Waals surface area contributed by atoms with Gasteiger partial charge in [0.05, 0.1) is 4.90 Å². The first-order valence-electron chi connectivity index (χ1n) is 5.93. The van der Waals surface area contributed by atoms with Crippen molar-refractivity contribution in [2.24, 2.45) is 5.14 Å². The standard InChI is InChI=1S/C11H19N3O4S2/c1-8(2)13-20(17,18)14-9(3)10-5-4-6-11(7-10)19(12,15)16/h4-9,13-14H,1-3H3,(H2,12,15,16). The van der Waals surface area contributed by atoms with E-state index in [1.54, 1.807) is 26.8 Å². The maximum atomic E-state index is 11.7. The van der Waals surface area contributed by atoms with Crippen molar-refractivity contribution in [1.29, 1.82) is 0 Å². The first kappa shape index (κ1) is 17.1. The highest BCUT2D eigenvalue weighted by molar-refractivity contribution is 7.89. The Morgan fingerprint density at radius 2 is 1.65 bits per heavy atom. The Labute approximate surface area is 119 Å². The average molecular weight is 321 g/mol. The first-order chi connectivity index (χ1) is 9.01. The van der Waals surface area contributed by atoms with Gasteiger partial charge in [-0.3, -0.25) is 0 Å². The number of sulfonamides is 1. The van der Waals surface area contributed by atoms with Crippen molar-refractivity contribution >= 4 is 20.2 Å². The van der Waals surface area contributed by atoms with Crippen LogP contribution < -0.4 is 14.6 Å². The number of nitrogens with one attached hydrogen (secondary N) is 2. The lowest BCUT2D eigenvalue weighted by atomic mass is 10.1. The Balaban J connectivity index is 2.97. The van der Waals surface area contributed by atoms with Gasteiger partial charge in [-0.15, -0.1) is 0 Å². The summed E-state index contributed by atoms with van der Waals surface area (Å²) in [6.07, 6.45) is 0. The van der Waals surface area contributed by atoms with Crippen molar-refractivity contribution in [3.8, 4) is 0 Å². The lowest BCUT2D eigenvalue weighted by molar-refractivity contribution is 0.541. The summed E-state index contributed by atoms with van der Waals surface area (Å²) in [5.74, 6) is 0. The molecule has 0 aliphatic rings. The third kappa shape index (κ3) is 5.17. The van der Waals surface area contributed by atoms with Crippen LogP contribution >= 0.6 is 0 Å². The third-order valence-electron chi connectivity index (χ3n) is 2.41. The van der Waals surface area contributed by atoms with E-state index in [-0.39, 0.29) is 10.9 Å². The summed E-state index contributed by atoms with van der Waals surface area (Å²) in [5, 5.41) is 5.04. The minimum Gasteiger partial charge on any atom is -0.225 e. The Morgan fingerprint density at radius 1 is 1.05 bits per heavy atom. The summed E-state index contributed by atoms with van der Waals surface area (Å²) in [4.78, 5) is -0.0575. The number of primary sulfonamides is 1. The van der Waals surface area contributed by atoms with Gasteiger partial charge in [0.2, 0.25) is 10.0 Å². The molecule has 4 N–H and O–H groups in total. The molecule has 1 atom stereocenters. The van der Waals surface area contributed by atoms with Crippen molar-refractivity contribution in [3.63, 3.8) is 0 Å². The molecule has 20 heavy (non-hydrogen) atoms. The van der Waals surface area contributed by atoms with E-state index in [9.17, 15) is 16.8 Å². The maximum Gasteiger partial charge on any atom is 0.277 e. The summed E-state index contributed by atoms with van der Waals surface area (Å²) in [5.41, 5.74) is 0.505. The summed E-state index contributed by atoms with van der Waals surface area (Å²) in [6, 6.07) is 5.00. The van der Waals surface area contributed by atoms with Crippen LogP contribution in [0.3, 0.4) is 0 Å². The smallest absolute Gasteiger partial charge is 0.225 e. The second kappa shape index (κ2) is 6.19. The van der Waals surface area contributed by atoms with Crippen molar-refractivity contribution < 1.29 is 16.8 Å². The van der Waals surface area contributed by atoms with Crippen molar-refractivity contribution in [2.45, 2.75) is 37.8 Å². The number of hydrogen-bond donors (Lipinski definition) is 3. The molecule has 1 rings (SSSR count). The maximum absolute atomic E-state index is 11.7. The van der Waals surface area contributed by atoms with Crippen LogP contribution in [0.2, 0.25) is 0 Å². The van der Waals surface area contributed by atoms with Gasteiger partial charge in [-0.2, -0.15) is 17.9 Å². The molecular formula is C11H19N3O4S2. The van der Waals surface area contributed by atoms with E-state index < -0.39 is 26.3 Å². The highest BCUT2D eigenvalue weighted by Gasteiger charge is 2.17. The molecule has 9 heteroatoms. The van der Waals surface area contributed by atoms with Crippen molar-refractivity contribution in [3.05, 3.63) is 29.8 Å². The predicted octanol–water partition coefficient (Wildman–Crippen LogP) is 0.227. The summed E-state index contributed by atoms with van der Waals surface area (Å²) >= 11 is 0. The molecule has 0 aromatic heterocycles. The Morgan fingerprint density at radius 3 is 2.15 bits per heavy atom. The molecule has 0 amide bonds. The van der Waals surface area contributed by atoms with Crippen LogP contribution in [0.5, 0.6) is 0 Å². The lowest BCUT2D eigenvalue weighted by Crippen LogP contribution is -2.41. The highest BCUT2D eigenvalue weighted by Crippen LogP contribution is 2.17. The molecule has 0 saturated carbocycles.